The number of hydrogen-bond acceptors (Lipinski definition) is 1. The lowest BCUT2D eigenvalue weighted by Crippen LogP contribution is -2.21. The van der Waals surface area contributed by atoms with Crippen LogP contribution in [0.2, 0.25) is 0 Å². The van der Waals surface area contributed by atoms with Gasteiger partial charge in [0.1, 0.15) is 5.76 Å². The summed E-state index contributed by atoms with van der Waals surface area (Å²) in [5, 5.41) is 1.30. The fourth-order valence-electron chi connectivity index (χ4n) is 4.22. The zero-order chi connectivity index (χ0) is 23.8. The number of nitrogens with zero attached hydrogens (tertiary/aromatic N) is 1. The summed E-state index contributed by atoms with van der Waals surface area (Å²) in [5.74, 6) is 1.04. The molecular formula is C31H41NO. The molecule has 0 saturated heterocycles. The molecule has 33 heavy (non-hydrogen) atoms. The predicted octanol–water partition coefficient (Wildman–Crippen LogP) is 9.24. The monoisotopic (exact) mass is 443 g/mol. The molecule has 2 heteroatoms. The van der Waals surface area contributed by atoms with Gasteiger partial charge in [-0.1, -0.05) is 62.8 Å². The van der Waals surface area contributed by atoms with Crippen molar-refractivity contribution in [2.45, 2.75) is 79.2 Å². The summed E-state index contributed by atoms with van der Waals surface area (Å²) in [5.41, 5.74) is 7.58. The highest BCUT2D eigenvalue weighted by atomic mass is 16.5. The van der Waals surface area contributed by atoms with Gasteiger partial charge in [0.2, 0.25) is 0 Å². The van der Waals surface area contributed by atoms with Crippen LogP contribution in [0.15, 0.2) is 59.9 Å². The second-order valence-electron chi connectivity index (χ2n) is 9.03. The largest absolute Gasteiger partial charge is 0.491 e. The highest BCUT2D eigenvalue weighted by Crippen LogP contribution is 2.32. The molecule has 0 spiro atoms. The van der Waals surface area contributed by atoms with Crippen molar-refractivity contribution < 1.29 is 4.74 Å². The molecule has 2 aromatic rings. The molecule has 0 N–H and O–H groups in total. The molecule has 2 nitrogen and oxygen atoms in total. The summed E-state index contributed by atoms with van der Waals surface area (Å²) in [6, 6.07) is 6.85. The molecule has 1 fully saturated rings. The van der Waals surface area contributed by atoms with Crippen LogP contribution in [-0.2, 0) is 11.8 Å². The number of rotatable bonds is 10. The SMILES string of the molecule is C/C=C\c1c(/C=C\CCC)c2ccc(C(/C=C\C(OC3CCC3)=C(/C)CC)=C/C)cc2n1C. The van der Waals surface area contributed by atoms with E-state index in [9.17, 15) is 0 Å². The summed E-state index contributed by atoms with van der Waals surface area (Å²) >= 11 is 0. The maximum atomic E-state index is 6.30. The number of benzene rings is 1. The topological polar surface area (TPSA) is 14.2 Å². The van der Waals surface area contributed by atoms with E-state index in [4.69, 9.17) is 4.74 Å². The van der Waals surface area contributed by atoms with Crippen LogP contribution in [0.3, 0.4) is 0 Å². The average molecular weight is 444 g/mol. The third kappa shape index (κ3) is 5.79. The van der Waals surface area contributed by atoms with Crippen LogP contribution in [-0.4, -0.2) is 10.7 Å². The third-order valence-corrected chi connectivity index (χ3v) is 6.71. The quantitative estimate of drug-likeness (QED) is 0.263. The Bertz CT molecular complexity index is 1100. The molecule has 0 bridgehead atoms. The molecule has 1 aliphatic carbocycles. The zero-order valence-corrected chi connectivity index (χ0v) is 21.4. The highest BCUT2D eigenvalue weighted by Gasteiger charge is 2.20. The van der Waals surface area contributed by atoms with Crippen LogP contribution in [0, 0.1) is 0 Å². The van der Waals surface area contributed by atoms with Crippen LogP contribution < -0.4 is 0 Å². The van der Waals surface area contributed by atoms with Gasteiger partial charge in [-0.15, -0.1) is 0 Å². The summed E-state index contributed by atoms with van der Waals surface area (Å²) < 4.78 is 8.61. The zero-order valence-electron chi connectivity index (χ0n) is 21.4. The second-order valence-corrected chi connectivity index (χ2v) is 9.03. The lowest BCUT2D eigenvalue weighted by Gasteiger charge is -2.27. The van der Waals surface area contributed by atoms with Crippen LogP contribution in [0.5, 0.6) is 0 Å². The van der Waals surface area contributed by atoms with E-state index in [1.807, 2.05) is 0 Å². The van der Waals surface area contributed by atoms with Gasteiger partial charge in [-0.25, -0.2) is 0 Å². The van der Waals surface area contributed by atoms with E-state index >= 15 is 0 Å². The van der Waals surface area contributed by atoms with Crippen molar-refractivity contribution in [3.63, 3.8) is 0 Å². The van der Waals surface area contributed by atoms with E-state index < -0.39 is 0 Å². The Kier molecular flexibility index (Phi) is 9.00. The fraction of sp³-hybridized carbons (Fsp3) is 0.419. The molecule has 0 aliphatic heterocycles. The van der Waals surface area contributed by atoms with E-state index in [2.05, 4.69) is 107 Å². The van der Waals surface area contributed by atoms with Crippen molar-refractivity contribution in [1.29, 1.82) is 0 Å². The summed E-state index contributed by atoms with van der Waals surface area (Å²) in [6.07, 6.45) is 22.8. The molecule has 1 aromatic carbocycles. The summed E-state index contributed by atoms with van der Waals surface area (Å²) in [4.78, 5) is 0. The molecule has 0 atom stereocenters. The van der Waals surface area contributed by atoms with Crippen LogP contribution in [0.1, 0.15) is 90.0 Å². The molecular weight excluding hydrogens is 402 g/mol. The maximum Gasteiger partial charge on any atom is 0.118 e. The van der Waals surface area contributed by atoms with Crippen molar-refractivity contribution in [1.82, 2.24) is 4.57 Å². The first-order chi connectivity index (χ1) is 16.0. The molecule has 0 unspecified atom stereocenters. The third-order valence-electron chi connectivity index (χ3n) is 6.71. The maximum absolute atomic E-state index is 6.30. The molecule has 0 amide bonds. The van der Waals surface area contributed by atoms with Gasteiger partial charge < -0.3 is 9.30 Å². The Morgan fingerprint density at radius 1 is 1.12 bits per heavy atom. The van der Waals surface area contributed by atoms with E-state index in [0.29, 0.717) is 6.10 Å². The van der Waals surface area contributed by atoms with Gasteiger partial charge in [0.15, 0.2) is 0 Å². The standard InChI is InChI=1S/C31H41NO/c1-7-11-12-17-27-28-20-18-25(22-30(28)32(6)29(27)14-8-2)24(10-4)19-21-31(23(5)9-3)33-26-15-13-16-26/h8,10,12,14,17-22,26H,7,9,11,13,15-16H2,1-6H3/b14-8-,17-12-,21-19-,24-10+,31-23-. The van der Waals surface area contributed by atoms with Gasteiger partial charge >= 0.3 is 0 Å². The number of hydrogen-bond donors (Lipinski definition) is 0. The first kappa shape index (κ1) is 24.9. The number of aryl methyl sites for hydroxylation is 1. The Balaban J connectivity index is 1.98. The first-order valence-corrected chi connectivity index (χ1v) is 12.7. The minimum Gasteiger partial charge on any atom is -0.491 e. The van der Waals surface area contributed by atoms with Crippen molar-refractivity contribution in [3.8, 4) is 0 Å². The minimum absolute atomic E-state index is 0.393. The predicted molar refractivity (Wildman–Crippen MR) is 146 cm³/mol. The van der Waals surface area contributed by atoms with E-state index in [-0.39, 0.29) is 0 Å². The van der Waals surface area contributed by atoms with Crippen molar-refractivity contribution in [2.24, 2.45) is 7.05 Å². The molecule has 0 radical (unpaired) electrons. The molecule has 176 valence electrons. The van der Waals surface area contributed by atoms with Gasteiger partial charge in [-0.05, 0) is 87.8 Å². The number of ether oxygens (including phenoxy) is 1. The lowest BCUT2D eigenvalue weighted by atomic mass is 9.96. The Labute approximate surface area is 201 Å². The first-order valence-electron chi connectivity index (χ1n) is 12.7. The van der Waals surface area contributed by atoms with Crippen LogP contribution in [0.4, 0.5) is 0 Å². The molecule has 1 aromatic heterocycles. The van der Waals surface area contributed by atoms with Crippen LogP contribution >= 0.6 is 0 Å². The average Bonchev–Trinajstić information content (AvgIpc) is 3.05. The van der Waals surface area contributed by atoms with Gasteiger partial charge in [-0.3, -0.25) is 0 Å². The van der Waals surface area contributed by atoms with Gasteiger partial charge in [-0.2, -0.15) is 0 Å². The molecule has 3 rings (SSSR count). The van der Waals surface area contributed by atoms with Crippen molar-refractivity contribution >= 4 is 28.6 Å². The van der Waals surface area contributed by atoms with E-state index in [1.165, 1.54) is 64.6 Å². The Hall–Kier alpha value is -2.74. The van der Waals surface area contributed by atoms with E-state index in [0.717, 1.165) is 18.6 Å². The summed E-state index contributed by atoms with van der Waals surface area (Å²) in [6.45, 7) is 10.8. The Morgan fingerprint density at radius 2 is 1.91 bits per heavy atom. The van der Waals surface area contributed by atoms with Crippen molar-refractivity contribution in [2.75, 3.05) is 0 Å². The number of allylic oxidation sites excluding steroid dienone is 7. The van der Waals surface area contributed by atoms with Gasteiger partial charge in [0.05, 0.1) is 6.10 Å². The van der Waals surface area contributed by atoms with Gasteiger partial charge in [0, 0.05) is 29.2 Å². The smallest absolute Gasteiger partial charge is 0.118 e. The number of aromatic nitrogens is 1. The summed E-state index contributed by atoms with van der Waals surface area (Å²) in [7, 11) is 2.17. The fourth-order valence-corrected chi connectivity index (χ4v) is 4.22. The van der Waals surface area contributed by atoms with Crippen LogP contribution in [0.25, 0.3) is 28.6 Å². The molecule has 1 heterocycles. The second kappa shape index (κ2) is 11.9. The Morgan fingerprint density at radius 3 is 2.52 bits per heavy atom. The lowest BCUT2D eigenvalue weighted by molar-refractivity contribution is 0.0572. The molecule has 1 aliphatic rings. The minimum atomic E-state index is 0.393. The van der Waals surface area contributed by atoms with Crippen molar-refractivity contribution in [3.05, 3.63) is 76.7 Å². The number of unbranched alkanes of at least 4 members (excludes halogenated alkanes) is 1. The molecule has 1 saturated carbocycles. The number of fused-ring (bicyclic) bond motifs is 1. The van der Waals surface area contributed by atoms with Gasteiger partial charge in [0.25, 0.3) is 0 Å². The van der Waals surface area contributed by atoms with E-state index in [1.54, 1.807) is 0 Å². The highest BCUT2D eigenvalue weighted by molar-refractivity contribution is 5.96. The normalized spacial score (nSPS) is 16.4.